The van der Waals surface area contributed by atoms with Crippen LogP contribution in [0.25, 0.3) is 0 Å². The molecule has 0 rings (SSSR count). The van der Waals surface area contributed by atoms with Gasteiger partial charge in [0.25, 0.3) is 0 Å². The molecule has 11 heavy (non-hydrogen) atoms. The Morgan fingerprint density at radius 1 is 1.18 bits per heavy atom. The molecule has 0 saturated carbocycles. The van der Waals surface area contributed by atoms with Crippen molar-refractivity contribution >= 4 is 16.5 Å². The number of nitrogens with zero attached hydrogens (tertiary/aromatic N) is 1. The number of rotatable bonds is 5. The summed E-state index contributed by atoms with van der Waals surface area (Å²) >= 11 is 1.05. The quantitative estimate of drug-likeness (QED) is 0.637. The minimum atomic E-state index is 0. The first-order valence-electron chi connectivity index (χ1n) is 4.85. The second-order valence-electron chi connectivity index (χ2n) is 3.78. The van der Waals surface area contributed by atoms with Crippen LogP contribution < -0.4 is 0 Å². The van der Waals surface area contributed by atoms with E-state index in [-0.39, 0.29) is 4.28 Å². The summed E-state index contributed by atoms with van der Waals surface area (Å²) in [5.74, 6) is 0. The molecule has 0 amide bonds. The normalized spacial score (nSPS) is 12.3. The first kappa shape index (κ1) is 11.5. The van der Waals surface area contributed by atoms with Crippen LogP contribution in [0.15, 0.2) is 0 Å². The van der Waals surface area contributed by atoms with E-state index in [0.717, 1.165) is 16.5 Å². The van der Waals surface area contributed by atoms with Crippen LogP contribution in [0.1, 0.15) is 38.4 Å². The average molecular weight is 221 g/mol. The largest absolute Gasteiger partial charge is 1.00 e. The van der Waals surface area contributed by atoms with Gasteiger partial charge in [-0.25, -0.2) is 0 Å². The number of hydrogen-bond donors (Lipinski definition) is 0. The van der Waals surface area contributed by atoms with Crippen LogP contribution in [0.4, 0.5) is 0 Å². The van der Waals surface area contributed by atoms with E-state index in [9.17, 15) is 0 Å². The van der Waals surface area contributed by atoms with Crippen LogP contribution in [-0.4, -0.2) is 40.0 Å². The zero-order chi connectivity index (χ0) is 8.85. The molecular weight excluding hydrogens is 195 g/mol. The molecule has 74 valence electrons. The van der Waals surface area contributed by atoms with Crippen molar-refractivity contribution in [2.75, 3.05) is 6.54 Å². The molecule has 0 aromatic rings. The van der Waals surface area contributed by atoms with Gasteiger partial charge in [0, 0.05) is 0 Å². The topological polar surface area (TPSA) is 3.24 Å². The fourth-order valence-corrected chi connectivity index (χ4v) is 2.12. The molecule has 0 fully saturated rings. The maximum absolute atomic E-state index is 2.58. The van der Waals surface area contributed by atoms with Gasteiger partial charge in [-0.05, 0) is 0 Å². The van der Waals surface area contributed by atoms with E-state index < -0.39 is 0 Å². The number of hydrogen-bond acceptors (Lipinski definition) is 1. The fraction of sp³-hybridized carbons (Fsp3) is 1.00. The van der Waals surface area contributed by atoms with Crippen LogP contribution in [0, 0.1) is 0 Å². The SMILES string of the molecule is CC(C)N(CC[CH2][GeH3])C(C)C.[H-].[H-].[H-]. The predicted octanol–water partition coefficient (Wildman–Crippen LogP) is 1.62. The van der Waals surface area contributed by atoms with Crippen LogP contribution in [0.5, 0.6) is 0 Å². The van der Waals surface area contributed by atoms with Gasteiger partial charge in [-0.1, -0.05) is 0 Å². The van der Waals surface area contributed by atoms with Crippen LogP contribution in [-0.2, 0) is 0 Å². The van der Waals surface area contributed by atoms with Crippen LogP contribution >= 0.6 is 0 Å². The Balaban J connectivity index is -0.000000167. The van der Waals surface area contributed by atoms with Gasteiger partial charge in [0.1, 0.15) is 0 Å². The molecule has 2 heteroatoms. The Morgan fingerprint density at radius 2 is 1.64 bits per heavy atom. The molecule has 0 spiro atoms. The fourth-order valence-electron chi connectivity index (χ4n) is 1.45. The van der Waals surface area contributed by atoms with Crippen molar-refractivity contribution < 1.29 is 4.28 Å². The molecule has 0 aliphatic heterocycles. The van der Waals surface area contributed by atoms with Crippen molar-refractivity contribution in [2.45, 2.75) is 51.5 Å². The van der Waals surface area contributed by atoms with Gasteiger partial charge in [-0.15, -0.1) is 0 Å². The van der Waals surface area contributed by atoms with Crippen molar-refractivity contribution in [2.24, 2.45) is 0 Å². The second kappa shape index (κ2) is 6.07. The van der Waals surface area contributed by atoms with Gasteiger partial charge < -0.3 is 4.28 Å². The standard InChI is InChI=1S/C9H23GeN.3H/c1-8(2)11(9(3)4)7-5-6-10;;;/h8-9H,5-7H2,1-4,10H3;;;/q;3*-1. The predicted molar refractivity (Wildman–Crippen MR) is 59.7 cm³/mol. The van der Waals surface area contributed by atoms with E-state index in [1.807, 2.05) is 0 Å². The Hall–Kier alpha value is 0.503. The Morgan fingerprint density at radius 3 is 1.91 bits per heavy atom. The van der Waals surface area contributed by atoms with Gasteiger partial charge in [0.15, 0.2) is 0 Å². The van der Waals surface area contributed by atoms with Crippen molar-refractivity contribution in [1.82, 2.24) is 4.90 Å². The minimum Gasteiger partial charge on any atom is -1.00 e. The van der Waals surface area contributed by atoms with Gasteiger partial charge in [-0.3, -0.25) is 0 Å². The summed E-state index contributed by atoms with van der Waals surface area (Å²) in [6.07, 6.45) is 1.41. The molecular formula is C9H26GeN-3. The summed E-state index contributed by atoms with van der Waals surface area (Å²) in [7, 11) is 0. The summed E-state index contributed by atoms with van der Waals surface area (Å²) in [5, 5.41) is 1.49. The van der Waals surface area contributed by atoms with Crippen molar-refractivity contribution in [3.8, 4) is 0 Å². The second-order valence-corrected chi connectivity index (χ2v) is 5.88. The maximum Gasteiger partial charge on any atom is -1.00 e. The monoisotopic (exact) mass is 222 g/mol. The van der Waals surface area contributed by atoms with E-state index in [4.69, 9.17) is 0 Å². The third-order valence-corrected chi connectivity index (χ3v) is 3.58. The molecule has 1 nitrogen and oxygen atoms in total. The molecule has 0 aliphatic carbocycles. The van der Waals surface area contributed by atoms with Crippen LogP contribution in [0.2, 0.25) is 5.25 Å². The first-order valence-corrected chi connectivity index (χ1v) is 7.82. The van der Waals surface area contributed by atoms with Crippen LogP contribution in [0.3, 0.4) is 0 Å². The van der Waals surface area contributed by atoms with Gasteiger partial charge in [0.05, 0.1) is 0 Å². The third-order valence-electron chi connectivity index (χ3n) is 2.10. The molecule has 0 aromatic carbocycles. The van der Waals surface area contributed by atoms with Crippen molar-refractivity contribution in [3.63, 3.8) is 0 Å². The zero-order valence-electron chi connectivity index (χ0n) is 11.7. The molecule has 0 aromatic heterocycles. The average Bonchev–Trinajstić information content (AvgIpc) is 1.87. The minimum absolute atomic E-state index is 0. The van der Waals surface area contributed by atoms with Gasteiger partial charge in [0.2, 0.25) is 0 Å². The molecule has 0 heterocycles. The van der Waals surface area contributed by atoms with E-state index >= 15 is 0 Å². The molecule has 0 saturated heterocycles. The Bertz CT molecular complexity index is 94.1. The molecule has 0 bridgehead atoms. The Labute approximate surface area is 84.2 Å². The van der Waals surface area contributed by atoms with Gasteiger partial charge >= 0.3 is 79.4 Å². The first-order chi connectivity index (χ1) is 5.09. The smallest absolute Gasteiger partial charge is 1.00 e. The molecule has 0 aliphatic rings. The van der Waals surface area contributed by atoms with E-state index in [1.54, 1.807) is 0 Å². The zero-order valence-corrected chi connectivity index (χ0v) is 12.9. The maximum atomic E-state index is 2.58. The summed E-state index contributed by atoms with van der Waals surface area (Å²) in [4.78, 5) is 2.58. The molecule has 0 atom stereocenters. The summed E-state index contributed by atoms with van der Waals surface area (Å²) in [5.41, 5.74) is 0. The van der Waals surface area contributed by atoms with E-state index in [1.165, 1.54) is 18.2 Å². The molecule has 0 N–H and O–H groups in total. The van der Waals surface area contributed by atoms with E-state index in [2.05, 4.69) is 32.6 Å². The summed E-state index contributed by atoms with van der Waals surface area (Å²) < 4.78 is 0. The van der Waals surface area contributed by atoms with E-state index in [0.29, 0.717) is 12.1 Å². The molecule has 0 unspecified atom stereocenters. The van der Waals surface area contributed by atoms with Gasteiger partial charge in [-0.2, -0.15) is 0 Å². The summed E-state index contributed by atoms with van der Waals surface area (Å²) in [6, 6.07) is 1.43. The van der Waals surface area contributed by atoms with Crippen molar-refractivity contribution in [3.05, 3.63) is 0 Å². The summed E-state index contributed by atoms with van der Waals surface area (Å²) in [6.45, 7) is 10.5. The van der Waals surface area contributed by atoms with Crippen molar-refractivity contribution in [1.29, 1.82) is 0 Å². The Kier molecular flexibility index (Phi) is 6.34. The molecule has 0 radical (unpaired) electrons. The third kappa shape index (κ3) is 4.86.